The third kappa shape index (κ3) is 3.23. The van der Waals surface area contributed by atoms with Gasteiger partial charge in [-0.05, 0) is 50.6 Å². The molecule has 1 atom stereocenters. The van der Waals surface area contributed by atoms with Crippen LogP contribution in [-0.2, 0) is 6.54 Å². The van der Waals surface area contributed by atoms with Gasteiger partial charge >= 0.3 is 0 Å². The van der Waals surface area contributed by atoms with Crippen molar-refractivity contribution in [3.8, 4) is 0 Å². The zero-order chi connectivity index (χ0) is 19.1. The number of thiazole rings is 1. The van der Waals surface area contributed by atoms with Crippen molar-refractivity contribution in [2.45, 2.75) is 32.2 Å². The van der Waals surface area contributed by atoms with E-state index in [2.05, 4.69) is 23.1 Å². The minimum atomic E-state index is -0.00201. The van der Waals surface area contributed by atoms with Gasteiger partial charge < -0.3 is 0 Å². The van der Waals surface area contributed by atoms with E-state index in [9.17, 15) is 4.79 Å². The summed E-state index contributed by atoms with van der Waals surface area (Å²) in [5, 5.41) is 1.23. The Bertz CT molecular complexity index is 1180. The van der Waals surface area contributed by atoms with E-state index in [1.165, 1.54) is 16.1 Å². The van der Waals surface area contributed by atoms with Gasteiger partial charge in [-0.3, -0.25) is 14.1 Å². The average molecular weight is 391 g/mol. The number of para-hydroxylation sites is 1. The molecule has 0 aliphatic carbocycles. The number of aryl methyl sites for hydroxylation is 1. The average Bonchev–Trinajstić information content (AvgIpc) is 3.12. The van der Waals surface area contributed by atoms with Crippen molar-refractivity contribution in [1.82, 2.24) is 19.3 Å². The first-order chi connectivity index (χ1) is 13.7. The molecular formula is C22H22N4OS. The summed E-state index contributed by atoms with van der Waals surface area (Å²) in [7, 11) is 0. The van der Waals surface area contributed by atoms with Crippen molar-refractivity contribution in [2.75, 3.05) is 13.1 Å². The Kier molecular flexibility index (Phi) is 4.45. The number of hydrogen-bond acceptors (Lipinski definition) is 5. The Morgan fingerprint density at radius 3 is 2.93 bits per heavy atom. The van der Waals surface area contributed by atoms with Gasteiger partial charge in [0.15, 0.2) is 0 Å². The molecule has 0 unspecified atom stereocenters. The quantitative estimate of drug-likeness (QED) is 0.531. The lowest BCUT2D eigenvalue weighted by Gasteiger charge is -2.31. The second-order valence-corrected chi connectivity index (χ2v) is 8.60. The molecule has 6 heteroatoms. The van der Waals surface area contributed by atoms with Gasteiger partial charge in [-0.1, -0.05) is 18.2 Å². The summed E-state index contributed by atoms with van der Waals surface area (Å²) in [5.41, 5.74) is 3.58. The summed E-state index contributed by atoms with van der Waals surface area (Å²) in [6, 6.07) is 15.8. The number of benzene rings is 1. The third-order valence-electron chi connectivity index (χ3n) is 5.48. The number of likely N-dealkylation sites (tertiary alicyclic amines) is 1. The van der Waals surface area contributed by atoms with Crippen molar-refractivity contribution in [2.24, 2.45) is 0 Å². The lowest BCUT2D eigenvalue weighted by molar-refractivity contribution is 0.198. The number of fused-ring (bicyclic) bond motifs is 2. The summed E-state index contributed by atoms with van der Waals surface area (Å²) in [6.45, 7) is 4.65. The number of aromatic nitrogens is 3. The van der Waals surface area contributed by atoms with Gasteiger partial charge in [0.25, 0.3) is 5.56 Å². The first-order valence-corrected chi connectivity index (χ1v) is 10.6. The van der Waals surface area contributed by atoms with E-state index in [0.29, 0.717) is 12.5 Å². The number of pyridine rings is 1. The molecule has 5 nitrogen and oxygen atoms in total. The molecule has 0 amide bonds. The number of nitrogens with zero attached hydrogens (tertiary/aromatic N) is 4. The fraction of sp³-hybridized carbons (Fsp3) is 0.318. The maximum Gasteiger partial charge on any atom is 0.258 e. The lowest BCUT2D eigenvalue weighted by atomic mass is 9.98. The highest BCUT2D eigenvalue weighted by Crippen LogP contribution is 2.33. The summed E-state index contributed by atoms with van der Waals surface area (Å²) >= 11 is 1.81. The van der Waals surface area contributed by atoms with Crippen molar-refractivity contribution in [3.05, 3.63) is 75.3 Å². The molecule has 4 heterocycles. The molecule has 1 aliphatic rings. The van der Waals surface area contributed by atoms with E-state index in [1.807, 2.05) is 42.5 Å². The van der Waals surface area contributed by atoms with Crippen molar-refractivity contribution in [1.29, 1.82) is 0 Å². The second-order valence-electron chi connectivity index (χ2n) is 7.54. The SMILES string of the molecule is Cc1cccc2nc(CN3CCC[C@H](c4nc5ccccc5s4)C3)cc(=O)n12. The van der Waals surface area contributed by atoms with Gasteiger partial charge in [0.05, 0.1) is 20.9 Å². The highest BCUT2D eigenvalue weighted by Gasteiger charge is 2.24. The summed E-state index contributed by atoms with van der Waals surface area (Å²) in [5.74, 6) is 0.454. The molecule has 142 valence electrons. The third-order valence-corrected chi connectivity index (χ3v) is 6.68. The van der Waals surface area contributed by atoms with Crippen molar-refractivity contribution >= 4 is 27.2 Å². The molecule has 5 rings (SSSR count). The highest BCUT2D eigenvalue weighted by molar-refractivity contribution is 7.18. The molecule has 3 aromatic heterocycles. The van der Waals surface area contributed by atoms with E-state index >= 15 is 0 Å². The van der Waals surface area contributed by atoms with Crippen LogP contribution < -0.4 is 5.56 Å². The van der Waals surface area contributed by atoms with Gasteiger partial charge in [-0.15, -0.1) is 11.3 Å². The molecule has 0 N–H and O–H groups in total. The Balaban J connectivity index is 1.38. The monoisotopic (exact) mass is 390 g/mol. The second kappa shape index (κ2) is 7.11. The molecule has 0 spiro atoms. The Morgan fingerprint density at radius 1 is 1.14 bits per heavy atom. The fourth-order valence-electron chi connectivity index (χ4n) is 4.14. The van der Waals surface area contributed by atoms with E-state index in [1.54, 1.807) is 10.5 Å². The van der Waals surface area contributed by atoms with Crippen LogP contribution in [0.2, 0.25) is 0 Å². The standard InChI is InChI=1S/C22H22N4OS/c1-15-6-4-10-20-23-17(12-21(27)26(15)20)14-25-11-5-7-16(13-25)22-24-18-8-2-3-9-19(18)28-22/h2-4,6,8-10,12,16H,5,7,11,13-14H2,1H3/t16-/m0/s1. The predicted molar refractivity (Wildman–Crippen MR) is 113 cm³/mol. The van der Waals surface area contributed by atoms with Crippen LogP contribution in [0, 0.1) is 6.92 Å². The molecule has 28 heavy (non-hydrogen) atoms. The fourth-order valence-corrected chi connectivity index (χ4v) is 5.23. The van der Waals surface area contributed by atoms with Crippen molar-refractivity contribution in [3.63, 3.8) is 0 Å². The van der Waals surface area contributed by atoms with Crippen LogP contribution in [0.3, 0.4) is 0 Å². The van der Waals surface area contributed by atoms with Crippen LogP contribution in [0.25, 0.3) is 15.9 Å². The van der Waals surface area contributed by atoms with Gasteiger partial charge in [0.2, 0.25) is 0 Å². The number of rotatable bonds is 3. The molecular weight excluding hydrogens is 368 g/mol. The van der Waals surface area contributed by atoms with Crippen molar-refractivity contribution < 1.29 is 0 Å². The Hall–Kier alpha value is -2.57. The van der Waals surface area contributed by atoms with E-state index in [-0.39, 0.29) is 5.56 Å². The van der Waals surface area contributed by atoms with Crippen LogP contribution in [0.1, 0.15) is 35.2 Å². The first-order valence-electron chi connectivity index (χ1n) is 9.73. The number of hydrogen-bond donors (Lipinski definition) is 0. The summed E-state index contributed by atoms with van der Waals surface area (Å²) < 4.78 is 2.93. The van der Waals surface area contributed by atoms with Gasteiger partial charge in [-0.2, -0.15) is 0 Å². The van der Waals surface area contributed by atoms with Crippen LogP contribution in [0.5, 0.6) is 0 Å². The van der Waals surface area contributed by atoms with Gasteiger partial charge in [0.1, 0.15) is 5.65 Å². The molecule has 1 aromatic carbocycles. The minimum Gasteiger partial charge on any atom is -0.297 e. The largest absolute Gasteiger partial charge is 0.297 e. The Labute approximate surface area is 167 Å². The van der Waals surface area contributed by atoms with Crippen LogP contribution >= 0.6 is 11.3 Å². The minimum absolute atomic E-state index is 0.00201. The molecule has 1 fully saturated rings. The van der Waals surface area contributed by atoms with Crippen LogP contribution in [-0.4, -0.2) is 32.4 Å². The summed E-state index contributed by atoms with van der Waals surface area (Å²) in [6.07, 6.45) is 2.32. The molecule has 0 bridgehead atoms. The van der Waals surface area contributed by atoms with Gasteiger partial charge in [0, 0.05) is 30.8 Å². The zero-order valence-electron chi connectivity index (χ0n) is 15.8. The lowest BCUT2D eigenvalue weighted by Crippen LogP contribution is -2.34. The normalized spacial score (nSPS) is 18.1. The maximum atomic E-state index is 12.5. The Morgan fingerprint density at radius 2 is 2.04 bits per heavy atom. The van der Waals surface area contributed by atoms with E-state index in [4.69, 9.17) is 9.97 Å². The smallest absolute Gasteiger partial charge is 0.258 e. The zero-order valence-corrected chi connectivity index (χ0v) is 16.7. The topological polar surface area (TPSA) is 50.5 Å². The van der Waals surface area contributed by atoms with Gasteiger partial charge in [-0.25, -0.2) is 9.97 Å². The first kappa shape index (κ1) is 17.5. The van der Waals surface area contributed by atoms with Crippen LogP contribution in [0.4, 0.5) is 0 Å². The molecule has 0 radical (unpaired) electrons. The maximum absolute atomic E-state index is 12.5. The highest BCUT2D eigenvalue weighted by atomic mass is 32.1. The van der Waals surface area contributed by atoms with E-state index in [0.717, 1.165) is 42.1 Å². The molecule has 1 saturated heterocycles. The predicted octanol–water partition coefficient (Wildman–Crippen LogP) is 3.99. The van der Waals surface area contributed by atoms with Crippen LogP contribution in [0.15, 0.2) is 53.3 Å². The van der Waals surface area contributed by atoms with E-state index < -0.39 is 0 Å². The molecule has 4 aromatic rings. The number of piperidine rings is 1. The molecule has 1 aliphatic heterocycles. The molecule has 0 saturated carbocycles. The summed E-state index contributed by atoms with van der Waals surface area (Å²) in [4.78, 5) is 24.6.